The lowest BCUT2D eigenvalue weighted by Gasteiger charge is -2.15. The van der Waals surface area contributed by atoms with E-state index in [0.717, 1.165) is 17.7 Å². The molecule has 0 fully saturated rings. The Hall–Kier alpha value is -3.09. The van der Waals surface area contributed by atoms with Crippen molar-refractivity contribution in [2.45, 2.75) is 19.1 Å². The molecule has 1 aliphatic heterocycles. The van der Waals surface area contributed by atoms with Gasteiger partial charge < -0.3 is 15.4 Å². The van der Waals surface area contributed by atoms with Crippen LogP contribution in [0.2, 0.25) is 0 Å². The number of aliphatic imine (C=N–C) groups is 1. The molecule has 0 radical (unpaired) electrons. The second-order valence-corrected chi connectivity index (χ2v) is 5.79. The van der Waals surface area contributed by atoms with Gasteiger partial charge in [-0.25, -0.2) is 0 Å². The second kappa shape index (κ2) is 7.65. The second-order valence-electron chi connectivity index (χ2n) is 5.79. The number of nitro benzene ring substituents is 1. The van der Waals surface area contributed by atoms with Crippen molar-refractivity contribution in [2.24, 2.45) is 4.99 Å². The van der Waals surface area contributed by atoms with Gasteiger partial charge in [-0.3, -0.25) is 15.1 Å². The van der Waals surface area contributed by atoms with Gasteiger partial charge in [0.15, 0.2) is 5.96 Å². The number of hydrogen-bond acceptors (Lipinski definition) is 4. The fourth-order valence-electron chi connectivity index (χ4n) is 2.76. The summed E-state index contributed by atoms with van der Waals surface area (Å²) >= 11 is 0. The summed E-state index contributed by atoms with van der Waals surface area (Å²) in [6, 6.07) is 14.6. The smallest absolute Gasteiger partial charge is 0.269 e. The van der Waals surface area contributed by atoms with E-state index in [1.807, 2.05) is 24.3 Å². The lowest BCUT2D eigenvalue weighted by molar-refractivity contribution is -0.384. The number of non-ortho nitro benzene ring substituents is 1. The van der Waals surface area contributed by atoms with E-state index < -0.39 is 4.92 Å². The van der Waals surface area contributed by atoms with Crippen LogP contribution in [-0.4, -0.2) is 30.6 Å². The number of ether oxygens (including phenoxy) is 1. The van der Waals surface area contributed by atoms with Gasteiger partial charge in [0.2, 0.25) is 0 Å². The van der Waals surface area contributed by atoms with Crippen LogP contribution in [0, 0.1) is 10.1 Å². The summed E-state index contributed by atoms with van der Waals surface area (Å²) in [5.74, 6) is 1.57. The zero-order valence-corrected chi connectivity index (χ0v) is 13.9. The van der Waals surface area contributed by atoms with Crippen molar-refractivity contribution >= 4 is 11.6 Å². The monoisotopic (exact) mass is 340 g/mol. The highest BCUT2D eigenvalue weighted by Crippen LogP contribution is 2.27. The molecular weight excluding hydrogens is 320 g/mol. The highest BCUT2D eigenvalue weighted by atomic mass is 16.6. The number of benzene rings is 2. The summed E-state index contributed by atoms with van der Waals surface area (Å²) < 4.78 is 5.89. The van der Waals surface area contributed by atoms with Crippen molar-refractivity contribution < 1.29 is 9.66 Å². The highest BCUT2D eigenvalue weighted by molar-refractivity contribution is 5.79. The molecule has 1 unspecified atom stereocenters. The third-order valence-corrected chi connectivity index (χ3v) is 4.02. The standard InChI is InChI=1S/C18H20N4O3/c1-19-18(20-11-13-5-4-7-15(9-13)22(23)24)21-12-16-10-14-6-2-3-8-17(14)25-16/h2-9,16H,10-12H2,1H3,(H2,19,20,21). The molecule has 0 spiro atoms. The first kappa shape index (κ1) is 16.8. The van der Waals surface area contributed by atoms with Crippen LogP contribution in [0.25, 0.3) is 0 Å². The Morgan fingerprint density at radius 3 is 2.88 bits per heavy atom. The van der Waals surface area contributed by atoms with Gasteiger partial charge in [-0.2, -0.15) is 0 Å². The van der Waals surface area contributed by atoms with Gasteiger partial charge in [0.05, 0.1) is 11.5 Å². The molecule has 1 heterocycles. The first-order valence-corrected chi connectivity index (χ1v) is 8.08. The number of guanidine groups is 1. The first-order valence-electron chi connectivity index (χ1n) is 8.08. The topological polar surface area (TPSA) is 88.8 Å². The fraction of sp³-hybridized carbons (Fsp3) is 0.278. The van der Waals surface area contributed by atoms with Crippen LogP contribution in [0.5, 0.6) is 5.75 Å². The van der Waals surface area contributed by atoms with Crippen LogP contribution in [0.15, 0.2) is 53.5 Å². The number of fused-ring (bicyclic) bond motifs is 1. The van der Waals surface area contributed by atoms with Crippen LogP contribution in [0.1, 0.15) is 11.1 Å². The SMILES string of the molecule is CN=C(NCc1cccc([N+](=O)[O-])c1)NCC1Cc2ccccc2O1. The molecule has 0 bridgehead atoms. The van der Waals surface area contributed by atoms with E-state index in [1.54, 1.807) is 19.2 Å². The molecule has 130 valence electrons. The molecule has 0 amide bonds. The van der Waals surface area contributed by atoms with Crippen LogP contribution in [-0.2, 0) is 13.0 Å². The van der Waals surface area contributed by atoms with Crippen molar-refractivity contribution in [3.05, 3.63) is 69.8 Å². The molecule has 2 aromatic carbocycles. The Bertz CT molecular complexity index is 766. The largest absolute Gasteiger partial charge is 0.488 e. The average Bonchev–Trinajstić information content (AvgIpc) is 3.05. The van der Waals surface area contributed by atoms with Gasteiger partial charge >= 0.3 is 0 Å². The number of nitrogens with zero attached hydrogens (tertiary/aromatic N) is 2. The molecule has 3 rings (SSSR count). The summed E-state index contributed by atoms with van der Waals surface area (Å²) in [6.45, 7) is 1.08. The predicted molar refractivity (Wildman–Crippen MR) is 95.9 cm³/mol. The minimum Gasteiger partial charge on any atom is -0.488 e. The Kier molecular flexibility index (Phi) is 5.13. The van der Waals surface area contributed by atoms with Gasteiger partial charge in [0.1, 0.15) is 11.9 Å². The van der Waals surface area contributed by atoms with Crippen LogP contribution < -0.4 is 15.4 Å². The quantitative estimate of drug-likeness (QED) is 0.377. The van der Waals surface area contributed by atoms with Crippen molar-refractivity contribution in [2.75, 3.05) is 13.6 Å². The van der Waals surface area contributed by atoms with Gasteiger partial charge in [-0.15, -0.1) is 0 Å². The molecule has 2 aromatic rings. The van der Waals surface area contributed by atoms with Crippen LogP contribution in [0.4, 0.5) is 5.69 Å². The molecule has 0 aliphatic carbocycles. The number of hydrogen-bond donors (Lipinski definition) is 2. The van der Waals surface area contributed by atoms with Crippen LogP contribution >= 0.6 is 0 Å². The van der Waals surface area contributed by atoms with E-state index in [4.69, 9.17) is 4.74 Å². The Balaban J connectivity index is 1.49. The number of nitro groups is 1. The van der Waals surface area contributed by atoms with E-state index in [0.29, 0.717) is 19.0 Å². The maximum absolute atomic E-state index is 10.8. The summed E-state index contributed by atoms with van der Waals surface area (Å²) in [5.41, 5.74) is 2.12. The first-order chi connectivity index (χ1) is 12.2. The molecular formula is C18H20N4O3. The van der Waals surface area contributed by atoms with Crippen molar-refractivity contribution in [1.82, 2.24) is 10.6 Å². The molecule has 7 nitrogen and oxygen atoms in total. The third-order valence-electron chi connectivity index (χ3n) is 4.02. The normalized spacial score (nSPS) is 16.0. The Morgan fingerprint density at radius 2 is 2.12 bits per heavy atom. The molecule has 1 aliphatic rings. The van der Waals surface area contributed by atoms with Crippen molar-refractivity contribution in [3.63, 3.8) is 0 Å². The molecule has 0 aromatic heterocycles. The van der Waals surface area contributed by atoms with Gasteiger partial charge in [-0.1, -0.05) is 30.3 Å². The lowest BCUT2D eigenvalue weighted by Crippen LogP contribution is -2.41. The van der Waals surface area contributed by atoms with Gasteiger partial charge in [-0.05, 0) is 17.2 Å². The highest BCUT2D eigenvalue weighted by Gasteiger charge is 2.22. The number of rotatable bonds is 5. The average molecular weight is 340 g/mol. The minimum absolute atomic E-state index is 0.0637. The number of nitrogens with one attached hydrogen (secondary N) is 2. The Morgan fingerprint density at radius 1 is 1.28 bits per heavy atom. The minimum atomic E-state index is -0.397. The van der Waals surface area contributed by atoms with E-state index in [1.165, 1.54) is 11.6 Å². The molecule has 2 N–H and O–H groups in total. The predicted octanol–water partition coefficient (Wildman–Crippen LogP) is 2.26. The maximum atomic E-state index is 10.8. The molecule has 0 saturated heterocycles. The van der Waals surface area contributed by atoms with E-state index in [9.17, 15) is 10.1 Å². The van der Waals surface area contributed by atoms with Crippen molar-refractivity contribution in [1.29, 1.82) is 0 Å². The van der Waals surface area contributed by atoms with Crippen molar-refractivity contribution in [3.8, 4) is 5.75 Å². The Labute approximate surface area is 145 Å². The summed E-state index contributed by atoms with van der Waals surface area (Å²) in [6.07, 6.45) is 0.930. The van der Waals surface area contributed by atoms with E-state index in [2.05, 4.69) is 21.7 Å². The number of para-hydroxylation sites is 1. The van der Waals surface area contributed by atoms with Crippen LogP contribution in [0.3, 0.4) is 0 Å². The summed E-state index contributed by atoms with van der Waals surface area (Å²) in [5, 5.41) is 17.2. The zero-order valence-electron chi connectivity index (χ0n) is 13.9. The molecule has 0 saturated carbocycles. The molecule has 7 heteroatoms. The summed E-state index contributed by atoms with van der Waals surface area (Å²) in [7, 11) is 1.69. The molecule has 25 heavy (non-hydrogen) atoms. The zero-order chi connectivity index (χ0) is 17.6. The van der Waals surface area contributed by atoms with E-state index >= 15 is 0 Å². The van der Waals surface area contributed by atoms with E-state index in [-0.39, 0.29) is 11.8 Å². The molecule has 1 atom stereocenters. The summed E-state index contributed by atoms with van der Waals surface area (Å²) in [4.78, 5) is 14.6. The third kappa shape index (κ3) is 4.26. The fourth-order valence-corrected chi connectivity index (χ4v) is 2.76. The maximum Gasteiger partial charge on any atom is 0.269 e. The lowest BCUT2D eigenvalue weighted by atomic mass is 10.1. The van der Waals surface area contributed by atoms with Gasteiger partial charge in [0, 0.05) is 32.1 Å². The van der Waals surface area contributed by atoms with Gasteiger partial charge in [0.25, 0.3) is 5.69 Å².